The van der Waals surface area contributed by atoms with Crippen LogP contribution in [0.15, 0.2) is 42.5 Å². The van der Waals surface area contributed by atoms with Gasteiger partial charge in [0.2, 0.25) is 5.91 Å². The van der Waals surface area contributed by atoms with Crippen LogP contribution in [-0.2, 0) is 4.79 Å². The van der Waals surface area contributed by atoms with Crippen LogP contribution in [0.3, 0.4) is 0 Å². The van der Waals surface area contributed by atoms with E-state index in [1.165, 1.54) is 0 Å². The predicted molar refractivity (Wildman–Crippen MR) is 127 cm³/mol. The standard InChI is InChI=1S/C25H28N4O5/c1-17(30)18-2-4-20(5-3-18)27-8-10-28(11-9-27)25(32)26-19-14-24(31)29(16-19)21-6-7-22-23(15-21)34-13-12-33-22/h2-7,15,19H,8-14,16H2,1H3,(H,26,32)/t19-/m1/s1. The van der Waals surface area contributed by atoms with Crippen LogP contribution in [0, 0.1) is 0 Å². The minimum atomic E-state index is -0.245. The second-order valence-electron chi connectivity index (χ2n) is 8.76. The minimum absolute atomic E-state index is 0.0270. The Morgan fingerprint density at radius 1 is 0.912 bits per heavy atom. The van der Waals surface area contributed by atoms with Crippen molar-refractivity contribution < 1.29 is 23.9 Å². The van der Waals surface area contributed by atoms with Gasteiger partial charge in [-0.1, -0.05) is 0 Å². The monoisotopic (exact) mass is 464 g/mol. The largest absolute Gasteiger partial charge is 0.486 e. The highest BCUT2D eigenvalue weighted by atomic mass is 16.6. The summed E-state index contributed by atoms with van der Waals surface area (Å²) in [5.41, 5.74) is 2.48. The third-order valence-electron chi connectivity index (χ3n) is 6.50. The first-order valence-corrected chi connectivity index (χ1v) is 11.6. The Morgan fingerprint density at radius 2 is 1.59 bits per heavy atom. The van der Waals surface area contributed by atoms with E-state index in [0.717, 1.165) is 11.4 Å². The molecule has 3 aliphatic heterocycles. The van der Waals surface area contributed by atoms with Crippen molar-refractivity contribution in [3.63, 3.8) is 0 Å². The Labute approximate surface area is 198 Å². The molecule has 9 heteroatoms. The molecule has 0 spiro atoms. The number of carbonyl (C=O) groups excluding carboxylic acids is 3. The quantitative estimate of drug-likeness (QED) is 0.699. The van der Waals surface area contributed by atoms with Crippen LogP contribution in [0.5, 0.6) is 11.5 Å². The third kappa shape index (κ3) is 4.50. The highest BCUT2D eigenvalue weighted by molar-refractivity contribution is 5.97. The van der Waals surface area contributed by atoms with Crippen LogP contribution < -0.4 is 24.6 Å². The van der Waals surface area contributed by atoms with Crippen molar-refractivity contribution in [2.45, 2.75) is 19.4 Å². The summed E-state index contributed by atoms with van der Waals surface area (Å²) < 4.78 is 11.2. The van der Waals surface area contributed by atoms with Crippen LogP contribution in [0.1, 0.15) is 23.7 Å². The van der Waals surface area contributed by atoms with Crippen LogP contribution in [0.2, 0.25) is 0 Å². The number of ketones is 1. The molecule has 34 heavy (non-hydrogen) atoms. The number of fused-ring (bicyclic) bond motifs is 1. The molecule has 5 rings (SSSR count). The molecular weight excluding hydrogens is 436 g/mol. The molecule has 178 valence electrons. The summed E-state index contributed by atoms with van der Waals surface area (Å²) in [6, 6.07) is 12.7. The van der Waals surface area contributed by atoms with E-state index >= 15 is 0 Å². The zero-order valence-corrected chi connectivity index (χ0v) is 19.2. The molecule has 2 aromatic carbocycles. The van der Waals surface area contributed by atoms with Crippen molar-refractivity contribution >= 4 is 29.1 Å². The van der Waals surface area contributed by atoms with Crippen molar-refractivity contribution in [3.05, 3.63) is 48.0 Å². The first-order valence-electron chi connectivity index (χ1n) is 11.6. The number of Topliss-reactive ketones (excluding diaryl/α,β-unsaturated/α-hetero) is 1. The summed E-state index contributed by atoms with van der Waals surface area (Å²) in [6.07, 6.45) is 0.267. The van der Waals surface area contributed by atoms with E-state index in [9.17, 15) is 14.4 Å². The van der Waals surface area contributed by atoms with Crippen LogP contribution in [0.25, 0.3) is 0 Å². The number of nitrogens with one attached hydrogen (secondary N) is 1. The van der Waals surface area contributed by atoms with Crippen molar-refractivity contribution in [2.24, 2.45) is 0 Å². The van der Waals surface area contributed by atoms with Gasteiger partial charge in [-0.15, -0.1) is 0 Å². The zero-order valence-electron chi connectivity index (χ0n) is 19.2. The van der Waals surface area contributed by atoms with E-state index in [2.05, 4.69) is 10.2 Å². The first kappa shape index (κ1) is 22.1. The number of nitrogens with zero attached hydrogens (tertiary/aromatic N) is 3. The van der Waals surface area contributed by atoms with Gasteiger partial charge in [0.25, 0.3) is 0 Å². The fourth-order valence-electron chi connectivity index (χ4n) is 4.59. The number of rotatable bonds is 4. The van der Waals surface area contributed by atoms with Gasteiger partial charge in [-0.05, 0) is 43.3 Å². The Morgan fingerprint density at radius 3 is 2.29 bits per heavy atom. The summed E-state index contributed by atoms with van der Waals surface area (Å²) in [7, 11) is 0. The van der Waals surface area contributed by atoms with Crippen LogP contribution >= 0.6 is 0 Å². The molecule has 0 bridgehead atoms. The van der Waals surface area contributed by atoms with Gasteiger partial charge in [0.05, 0.1) is 6.04 Å². The Balaban J connectivity index is 1.14. The van der Waals surface area contributed by atoms with E-state index < -0.39 is 0 Å². The van der Waals surface area contributed by atoms with Crippen molar-refractivity contribution in [3.8, 4) is 11.5 Å². The first-order chi connectivity index (χ1) is 16.5. The van der Waals surface area contributed by atoms with Gasteiger partial charge in [-0.2, -0.15) is 0 Å². The Hall–Kier alpha value is -3.75. The molecule has 3 aliphatic rings. The number of urea groups is 1. The number of amides is 3. The second kappa shape index (κ2) is 9.24. The molecule has 0 aromatic heterocycles. The maximum Gasteiger partial charge on any atom is 0.317 e. The molecule has 0 aliphatic carbocycles. The number of ether oxygens (including phenoxy) is 2. The lowest BCUT2D eigenvalue weighted by atomic mass is 10.1. The fourth-order valence-corrected chi connectivity index (χ4v) is 4.59. The molecule has 0 saturated carbocycles. The van der Waals surface area contributed by atoms with Gasteiger partial charge in [0.1, 0.15) is 13.2 Å². The highest BCUT2D eigenvalue weighted by Crippen LogP contribution is 2.35. The van der Waals surface area contributed by atoms with Gasteiger partial charge in [0.15, 0.2) is 17.3 Å². The van der Waals surface area contributed by atoms with E-state index in [1.54, 1.807) is 16.7 Å². The number of piperazine rings is 1. The average molecular weight is 465 g/mol. The number of carbonyl (C=O) groups is 3. The number of hydrogen-bond donors (Lipinski definition) is 1. The molecule has 1 N–H and O–H groups in total. The summed E-state index contributed by atoms with van der Waals surface area (Å²) in [5, 5.41) is 3.03. The molecule has 3 amide bonds. The zero-order chi connectivity index (χ0) is 23.7. The molecule has 9 nitrogen and oxygen atoms in total. The lowest BCUT2D eigenvalue weighted by molar-refractivity contribution is -0.117. The molecule has 2 aromatic rings. The van der Waals surface area contributed by atoms with Gasteiger partial charge < -0.3 is 29.5 Å². The Kier molecular flexibility index (Phi) is 6.00. The molecule has 0 unspecified atom stereocenters. The SMILES string of the molecule is CC(=O)c1ccc(N2CCN(C(=O)N[C@@H]3CC(=O)N(c4ccc5c(c4)OCCO5)C3)CC2)cc1. The van der Waals surface area contributed by atoms with E-state index in [-0.39, 0.29) is 30.2 Å². The highest BCUT2D eigenvalue weighted by Gasteiger charge is 2.33. The Bertz CT molecular complexity index is 1090. The fraction of sp³-hybridized carbons (Fsp3) is 0.400. The summed E-state index contributed by atoms with van der Waals surface area (Å²) in [4.78, 5) is 42.6. The van der Waals surface area contributed by atoms with E-state index in [0.29, 0.717) is 63.0 Å². The summed E-state index contributed by atoms with van der Waals surface area (Å²) in [5.74, 6) is 1.34. The lowest BCUT2D eigenvalue weighted by Crippen LogP contribution is -2.53. The molecule has 3 heterocycles. The molecule has 2 saturated heterocycles. The molecular formula is C25H28N4O5. The maximum atomic E-state index is 12.9. The van der Waals surface area contributed by atoms with E-state index in [4.69, 9.17) is 9.47 Å². The van der Waals surface area contributed by atoms with Gasteiger partial charge in [-0.3, -0.25) is 9.59 Å². The lowest BCUT2D eigenvalue weighted by Gasteiger charge is -2.36. The summed E-state index contributed by atoms with van der Waals surface area (Å²) in [6.45, 7) is 5.58. The smallest absolute Gasteiger partial charge is 0.317 e. The van der Waals surface area contributed by atoms with Crippen molar-refractivity contribution in [2.75, 3.05) is 55.7 Å². The third-order valence-corrected chi connectivity index (χ3v) is 6.50. The molecule has 2 fully saturated rings. The average Bonchev–Trinajstić information content (AvgIpc) is 3.23. The van der Waals surface area contributed by atoms with Crippen LogP contribution in [0.4, 0.5) is 16.2 Å². The normalized spacial score (nSPS) is 19.9. The minimum Gasteiger partial charge on any atom is -0.486 e. The predicted octanol–water partition coefficient (Wildman–Crippen LogP) is 2.30. The maximum absolute atomic E-state index is 12.9. The van der Waals surface area contributed by atoms with Gasteiger partial charge in [-0.25, -0.2) is 4.79 Å². The topological polar surface area (TPSA) is 91.4 Å². The van der Waals surface area contributed by atoms with Crippen LogP contribution in [-0.4, -0.2) is 74.6 Å². The van der Waals surface area contributed by atoms with Crippen molar-refractivity contribution in [1.82, 2.24) is 10.2 Å². The van der Waals surface area contributed by atoms with Crippen molar-refractivity contribution in [1.29, 1.82) is 0 Å². The number of benzene rings is 2. The molecule has 1 atom stereocenters. The van der Waals surface area contributed by atoms with Gasteiger partial charge >= 0.3 is 6.03 Å². The summed E-state index contributed by atoms with van der Waals surface area (Å²) >= 11 is 0. The van der Waals surface area contributed by atoms with Gasteiger partial charge in [0, 0.05) is 62.1 Å². The number of hydrogen-bond acceptors (Lipinski definition) is 6. The number of anilines is 2. The van der Waals surface area contributed by atoms with E-state index in [1.807, 2.05) is 42.5 Å². The second-order valence-corrected chi connectivity index (χ2v) is 8.76. The molecule has 0 radical (unpaired) electrons.